The number of likely N-dealkylation sites (tertiary alicyclic amines) is 1. The van der Waals surface area contributed by atoms with Gasteiger partial charge >= 0.3 is 6.09 Å². The fraction of sp³-hybridized carbons (Fsp3) is 0.846. The van der Waals surface area contributed by atoms with E-state index >= 15 is 0 Å². The molecular formula is C13H21NO3. The minimum atomic E-state index is -0.478. The van der Waals surface area contributed by atoms with Gasteiger partial charge in [0.25, 0.3) is 0 Å². The van der Waals surface area contributed by atoms with Crippen LogP contribution in [0.3, 0.4) is 0 Å². The molecule has 2 aliphatic rings. The summed E-state index contributed by atoms with van der Waals surface area (Å²) in [6.07, 6.45) is 2.57. The van der Waals surface area contributed by atoms with Gasteiger partial charge < -0.3 is 4.74 Å². The molecule has 1 saturated heterocycles. The molecule has 1 aliphatic heterocycles. The Kier molecular flexibility index (Phi) is 2.71. The molecule has 1 heterocycles. The second-order valence-electron chi connectivity index (χ2n) is 6.34. The van der Waals surface area contributed by atoms with E-state index in [4.69, 9.17) is 4.74 Å². The number of hydrogen-bond acceptors (Lipinski definition) is 3. The van der Waals surface area contributed by atoms with E-state index in [0.717, 1.165) is 12.8 Å². The molecule has 4 heteroatoms. The fourth-order valence-corrected chi connectivity index (χ4v) is 2.66. The molecule has 0 radical (unpaired) electrons. The summed E-state index contributed by atoms with van der Waals surface area (Å²) in [5, 5.41) is 0. The van der Waals surface area contributed by atoms with Crippen LogP contribution in [-0.4, -0.2) is 34.0 Å². The van der Waals surface area contributed by atoms with Crippen molar-refractivity contribution < 1.29 is 14.3 Å². The van der Waals surface area contributed by atoms with Crippen LogP contribution in [0.2, 0.25) is 0 Å². The number of piperidine rings is 1. The molecular weight excluding hydrogens is 218 g/mol. The number of nitrogens with zero attached hydrogens (tertiary/aromatic N) is 1. The van der Waals surface area contributed by atoms with Crippen LogP contribution in [-0.2, 0) is 9.53 Å². The maximum absolute atomic E-state index is 12.2. The smallest absolute Gasteiger partial charge is 0.411 e. The van der Waals surface area contributed by atoms with Crippen molar-refractivity contribution in [2.45, 2.75) is 70.6 Å². The van der Waals surface area contributed by atoms with Crippen molar-refractivity contribution in [3.63, 3.8) is 0 Å². The Morgan fingerprint density at radius 2 is 2.00 bits per heavy atom. The zero-order valence-electron chi connectivity index (χ0n) is 11.1. The van der Waals surface area contributed by atoms with Gasteiger partial charge in [0, 0.05) is 18.9 Å². The first kappa shape index (κ1) is 12.4. The number of carbonyl (C=O) groups excluding carboxylic acids is 2. The molecule has 1 amide bonds. The maximum atomic E-state index is 12.2. The SMILES string of the molecule is C[C@@H]1CC(=O)CC2(CC2)N1C(=O)OC(C)(C)C. The van der Waals surface area contributed by atoms with E-state index in [1.807, 2.05) is 27.7 Å². The van der Waals surface area contributed by atoms with Gasteiger partial charge in [0.1, 0.15) is 11.4 Å². The molecule has 1 aliphatic carbocycles. The van der Waals surface area contributed by atoms with Crippen molar-refractivity contribution in [2.24, 2.45) is 0 Å². The van der Waals surface area contributed by atoms with E-state index in [0.29, 0.717) is 12.8 Å². The zero-order chi connectivity index (χ0) is 12.8. The van der Waals surface area contributed by atoms with E-state index in [1.54, 1.807) is 4.90 Å². The standard InChI is InChI=1S/C13H21NO3/c1-9-7-10(15)8-13(5-6-13)14(9)11(16)17-12(2,3)4/h9H,5-8H2,1-4H3/t9-/m1/s1. The number of Topliss-reactive ketones (excluding diaryl/α,β-unsaturated/α-hetero) is 1. The minimum absolute atomic E-state index is 0.0337. The summed E-state index contributed by atoms with van der Waals surface area (Å²) in [7, 11) is 0. The van der Waals surface area contributed by atoms with Crippen LogP contribution in [0.15, 0.2) is 0 Å². The zero-order valence-corrected chi connectivity index (χ0v) is 11.1. The lowest BCUT2D eigenvalue weighted by atomic mass is 9.94. The summed E-state index contributed by atoms with van der Waals surface area (Å²) < 4.78 is 5.43. The first-order valence-electron chi connectivity index (χ1n) is 6.28. The van der Waals surface area contributed by atoms with Crippen molar-refractivity contribution in [1.82, 2.24) is 4.90 Å². The minimum Gasteiger partial charge on any atom is -0.444 e. The summed E-state index contributed by atoms with van der Waals surface area (Å²) in [6.45, 7) is 7.53. The van der Waals surface area contributed by atoms with Crippen LogP contribution < -0.4 is 0 Å². The highest BCUT2D eigenvalue weighted by Gasteiger charge is 2.56. The van der Waals surface area contributed by atoms with Gasteiger partial charge in [-0.1, -0.05) is 0 Å². The third-order valence-electron chi connectivity index (χ3n) is 3.42. The number of carbonyl (C=O) groups is 2. The second-order valence-corrected chi connectivity index (χ2v) is 6.34. The molecule has 0 aromatic heterocycles. The lowest BCUT2D eigenvalue weighted by Crippen LogP contribution is -2.54. The molecule has 1 atom stereocenters. The molecule has 96 valence electrons. The van der Waals surface area contributed by atoms with Crippen LogP contribution in [0.25, 0.3) is 0 Å². The normalized spacial score (nSPS) is 27.2. The molecule has 4 nitrogen and oxygen atoms in total. The molecule has 2 rings (SSSR count). The lowest BCUT2D eigenvalue weighted by molar-refractivity contribution is -0.125. The van der Waals surface area contributed by atoms with E-state index in [9.17, 15) is 9.59 Å². The molecule has 0 unspecified atom stereocenters. The first-order chi connectivity index (χ1) is 7.73. The maximum Gasteiger partial charge on any atom is 0.411 e. The summed E-state index contributed by atoms with van der Waals surface area (Å²) in [5.74, 6) is 0.273. The molecule has 0 N–H and O–H groups in total. The summed E-state index contributed by atoms with van der Waals surface area (Å²) >= 11 is 0. The fourth-order valence-electron chi connectivity index (χ4n) is 2.66. The molecule has 0 bridgehead atoms. The van der Waals surface area contributed by atoms with E-state index in [2.05, 4.69) is 0 Å². The van der Waals surface area contributed by atoms with Gasteiger partial charge in [0.2, 0.25) is 0 Å². The van der Waals surface area contributed by atoms with Gasteiger partial charge in [-0.3, -0.25) is 9.69 Å². The molecule has 17 heavy (non-hydrogen) atoms. The third kappa shape index (κ3) is 2.45. The predicted octanol–water partition coefficient (Wildman–Crippen LogP) is 2.51. The molecule has 1 saturated carbocycles. The topological polar surface area (TPSA) is 46.6 Å². The Labute approximate surface area is 102 Å². The summed E-state index contributed by atoms with van der Waals surface area (Å²) in [5.41, 5.74) is -0.689. The highest BCUT2D eigenvalue weighted by Crippen LogP contribution is 2.49. The van der Waals surface area contributed by atoms with Crippen molar-refractivity contribution in [3.05, 3.63) is 0 Å². The average Bonchev–Trinajstić information content (AvgIpc) is 2.79. The Morgan fingerprint density at radius 3 is 2.47 bits per heavy atom. The number of ketones is 1. The number of hydrogen-bond donors (Lipinski definition) is 0. The molecule has 1 spiro atoms. The molecule has 2 fully saturated rings. The Morgan fingerprint density at radius 1 is 1.41 bits per heavy atom. The Hall–Kier alpha value is -1.06. The Bertz CT molecular complexity index is 352. The largest absolute Gasteiger partial charge is 0.444 e. The monoisotopic (exact) mass is 239 g/mol. The van der Waals surface area contributed by atoms with Crippen LogP contribution in [0.4, 0.5) is 4.79 Å². The summed E-state index contributed by atoms with van der Waals surface area (Å²) in [6, 6.07) is -0.0337. The van der Waals surface area contributed by atoms with Gasteiger partial charge in [0.05, 0.1) is 5.54 Å². The van der Waals surface area contributed by atoms with Crippen molar-refractivity contribution in [3.8, 4) is 0 Å². The predicted molar refractivity (Wildman–Crippen MR) is 63.7 cm³/mol. The van der Waals surface area contributed by atoms with Gasteiger partial charge in [-0.15, -0.1) is 0 Å². The van der Waals surface area contributed by atoms with Crippen LogP contribution in [0.1, 0.15) is 53.4 Å². The molecule has 0 aromatic carbocycles. The third-order valence-corrected chi connectivity index (χ3v) is 3.42. The van der Waals surface area contributed by atoms with E-state index in [1.165, 1.54) is 0 Å². The average molecular weight is 239 g/mol. The highest BCUT2D eigenvalue weighted by molar-refractivity contribution is 5.84. The number of amides is 1. The van der Waals surface area contributed by atoms with Crippen LogP contribution >= 0.6 is 0 Å². The lowest BCUT2D eigenvalue weighted by Gasteiger charge is -2.41. The van der Waals surface area contributed by atoms with Gasteiger partial charge in [-0.05, 0) is 40.5 Å². The van der Waals surface area contributed by atoms with Crippen molar-refractivity contribution in [1.29, 1.82) is 0 Å². The van der Waals surface area contributed by atoms with E-state index < -0.39 is 5.60 Å². The quantitative estimate of drug-likeness (QED) is 0.652. The van der Waals surface area contributed by atoms with E-state index in [-0.39, 0.29) is 23.5 Å². The summed E-state index contributed by atoms with van der Waals surface area (Å²) in [4.78, 5) is 25.6. The van der Waals surface area contributed by atoms with Gasteiger partial charge in [0.15, 0.2) is 0 Å². The van der Waals surface area contributed by atoms with Crippen LogP contribution in [0, 0.1) is 0 Å². The van der Waals surface area contributed by atoms with Crippen molar-refractivity contribution >= 4 is 11.9 Å². The van der Waals surface area contributed by atoms with Crippen molar-refractivity contribution in [2.75, 3.05) is 0 Å². The number of rotatable bonds is 0. The highest BCUT2D eigenvalue weighted by atomic mass is 16.6. The van der Waals surface area contributed by atoms with Gasteiger partial charge in [-0.2, -0.15) is 0 Å². The number of ether oxygens (including phenoxy) is 1. The molecule has 0 aromatic rings. The Balaban J connectivity index is 2.13. The second kappa shape index (κ2) is 3.72. The van der Waals surface area contributed by atoms with Crippen LogP contribution in [0.5, 0.6) is 0 Å². The first-order valence-corrected chi connectivity index (χ1v) is 6.28. The van der Waals surface area contributed by atoms with Gasteiger partial charge in [-0.25, -0.2) is 4.79 Å².